The highest BCUT2D eigenvalue weighted by molar-refractivity contribution is 5.96. The largest absolute Gasteiger partial charge is 0.424 e. The van der Waals surface area contributed by atoms with Crippen molar-refractivity contribution in [1.29, 1.82) is 0 Å². The Kier molecular flexibility index (Phi) is 3.09. The molecule has 2 nitrogen and oxygen atoms in total. The van der Waals surface area contributed by atoms with Gasteiger partial charge in [0.25, 0.3) is 0 Å². The molecule has 0 saturated carbocycles. The van der Waals surface area contributed by atoms with Gasteiger partial charge < -0.3 is 10.7 Å². The molecule has 0 aromatic heterocycles. The Bertz CT molecular complexity index is 6.00. The second-order valence-electron chi connectivity index (χ2n) is 0. The van der Waals surface area contributed by atoms with E-state index in [9.17, 15) is 0 Å². The van der Waals surface area contributed by atoms with Crippen molar-refractivity contribution in [2.45, 2.75) is 0 Å². The maximum absolute atomic E-state index is 2.36. The molecule has 0 atom stereocenters. The smallest absolute Gasteiger partial charge is 0.206 e. The summed E-state index contributed by atoms with van der Waals surface area (Å²) in [7, 11) is 1.28. The van der Waals surface area contributed by atoms with E-state index in [0.717, 1.165) is 0 Å². The van der Waals surface area contributed by atoms with Crippen molar-refractivity contribution in [3.05, 3.63) is 0 Å². The topological polar surface area (TPSA) is 33.2 Å². The standard InChI is InChI=1S/B2H10N2/c1-3-4-2/h3-4H2,1-2H3. The molecular formula is H10B2N2. The molecule has 0 aliphatic rings. The molecule has 0 spiro atoms. The second-order valence-corrected chi connectivity index (χ2v) is 0. The van der Waals surface area contributed by atoms with Gasteiger partial charge in [0.2, 0.25) is 16.0 Å². The van der Waals surface area contributed by atoms with Gasteiger partial charge in [0.15, 0.2) is 0 Å². The Morgan fingerprint density at radius 2 is 1.25 bits per heavy atom. The van der Waals surface area contributed by atoms with E-state index in [4.69, 9.17) is 0 Å². The Morgan fingerprint density at radius 1 is 1.00 bits per heavy atom. The van der Waals surface area contributed by atoms with Crippen LogP contribution in [-0.2, 0) is 0 Å². The third-order valence-electron chi connectivity index (χ3n) is 0. The summed E-state index contributed by atoms with van der Waals surface area (Å²) >= 11 is 0. The summed E-state index contributed by atoms with van der Waals surface area (Å²) in [4.78, 5) is 0. The van der Waals surface area contributed by atoms with Gasteiger partial charge in [0.05, 0.1) is 0 Å². The Hall–Kier alpha value is 0.0499. The van der Waals surface area contributed by atoms with Gasteiger partial charge in [-0.3, -0.25) is 0 Å². The van der Waals surface area contributed by atoms with E-state index in [1.54, 1.807) is 0 Å². The van der Waals surface area contributed by atoms with E-state index < -0.39 is 0 Å². The van der Waals surface area contributed by atoms with Crippen molar-refractivity contribution in [2.24, 2.45) is 0 Å². The number of hydrogen-bond acceptors (Lipinski definition) is 0. The van der Waals surface area contributed by atoms with Crippen molar-refractivity contribution in [3.8, 4) is 0 Å². The number of quaternary nitrogens is 2. The first-order valence-corrected chi connectivity index (χ1v) is 0.333. The number of nitrogens with two attached hydrogens (primary N) is 2. The van der Waals surface area contributed by atoms with E-state index >= 15 is 0 Å². The Balaban J connectivity index is 1.97. The summed E-state index contributed by atoms with van der Waals surface area (Å²) in [6, 6.07) is 0. The molecule has 0 rings (SSSR count). The zero-order chi connectivity index (χ0) is 3.41. The fraction of sp³-hybridized carbons (Fsp3) is 0. The molecule has 0 unspecified atom stereocenters. The van der Waals surface area contributed by atoms with E-state index in [0.29, 0.717) is 16.0 Å². The van der Waals surface area contributed by atoms with Crippen LogP contribution < -0.4 is 10.7 Å². The molecule has 0 amide bonds. The average molecular weight is 59.7 g/mol. The molecule has 0 bridgehead atoms. The molecular weight excluding hydrogens is 49.6 g/mol. The maximum atomic E-state index is 2.36. The van der Waals surface area contributed by atoms with Crippen LogP contribution in [0.5, 0.6) is 0 Å². The molecule has 4 heteroatoms. The lowest BCUT2D eigenvalue weighted by Crippen LogP contribution is -3.29. The minimum Gasteiger partial charge on any atom is -0.424 e. The molecule has 0 aromatic carbocycles. The van der Waals surface area contributed by atoms with Gasteiger partial charge in [-0.15, -0.1) is 0 Å². The summed E-state index contributed by atoms with van der Waals surface area (Å²) in [6.45, 7) is 0. The zero-order valence-corrected chi connectivity index (χ0v) is 1.15. The summed E-state index contributed by atoms with van der Waals surface area (Å²) in [5.74, 6) is 0. The van der Waals surface area contributed by atoms with Crippen LogP contribution in [0.25, 0.3) is 0 Å². The Morgan fingerprint density at radius 3 is 1.25 bits per heavy atom. The van der Waals surface area contributed by atoms with Crippen LogP contribution in [0.3, 0.4) is 0 Å². The van der Waals surface area contributed by atoms with Crippen molar-refractivity contribution in [2.75, 3.05) is 0 Å². The first-order chi connectivity index (χ1) is 1.91. The minimum absolute atomic E-state index is 0.639. The highest BCUT2D eigenvalue weighted by Crippen LogP contribution is 0.376. The summed E-state index contributed by atoms with van der Waals surface area (Å²) in [6.07, 6.45) is 0. The molecule has 0 heterocycles. The van der Waals surface area contributed by atoms with Gasteiger partial charge in [-0.1, -0.05) is 0 Å². The van der Waals surface area contributed by atoms with Gasteiger partial charge in [0, 0.05) is 0 Å². The third kappa shape index (κ3) is 2.05. The predicted molar refractivity (Wildman–Crippen MR) is 23.7 cm³/mol. The van der Waals surface area contributed by atoms with E-state index in [-0.39, 0.29) is 0 Å². The first-order valence-electron chi connectivity index (χ1n) is 0.333. The van der Waals surface area contributed by atoms with Crippen LogP contribution in [0.15, 0.2) is 0 Å². The normalized spacial score (nSPS) is 7.50. The minimum atomic E-state index is 0.639. The van der Waals surface area contributed by atoms with Gasteiger partial charge in [-0.2, -0.15) is 0 Å². The molecule has 0 saturated heterocycles. The first kappa shape index (κ1) is 4.05. The van der Waals surface area contributed by atoms with E-state index in [1.165, 1.54) is 0 Å². The zero-order valence-electron chi connectivity index (χ0n) is 1.15. The van der Waals surface area contributed by atoms with Crippen LogP contribution >= 0.6 is 0 Å². The molecule has 0 radical (unpaired) electrons. The SMILES string of the molecule is [BH3-][NH2+][NH2+][BH3-]. The van der Waals surface area contributed by atoms with Crippen LogP contribution in [0.4, 0.5) is 0 Å². The molecule has 0 aliphatic carbocycles. The third-order valence-corrected chi connectivity index (χ3v) is 0. The van der Waals surface area contributed by atoms with Crippen molar-refractivity contribution >= 4 is 16.0 Å². The van der Waals surface area contributed by atoms with Crippen LogP contribution in [0, 0.1) is 0 Å². The van der Waals surface area contributed by atoms with E-state index in [1.807, 2.05) is 0 Å². The predicted octanol–water partition coefficient (Wildman–Crippen LogP) is -5.41. The highest BCUT2D eigenvalue weighted by Gasteiger charge is 1.41. The van der Waals surface area contributed by atoms with Gasteiger partial charge in [0.1, 0.15) is 0 Å². The fourth-order valence-corrected chi connectivity index (χ4v) is 0. The fourth-order valence-electron chi connectivity index (χ4n) is 0. The van der Waals surface area contributed by atoms with Gasteiger partial charge in [-0.25, -0.2) is 0 Å². The lowest BCUT2D eigenvalue weighted by atomic mass is 10.4. The highest BCUT2D eigenvalue weighted by atomic mass is 15.2. The van der Waals surface area contributed by atoms with E-state index in [2.05, 4.69) is 10.7 Å². The average Bonchev–Trinajstić information content (AvgIpc) is 1.37. The molecule has 26 valence electrons. The quantitative estimate of drug-likeness (QED) is 0.172. The summed E-state index contributed by atoms with van der Waals surface area (Å²) in [5.41, 5.74) is 0. The number of hydrogen-bond donors (Lipinski definition) is 2. The van der Waals surface area contributed by atoms with Gasteiger partial charge >= 0.3 is 0 Å². The van der Waals surface area contributed by atoms with Crippen LogP contribution in [0.2, 0.25) is 0 Å². The lowest BCUT2D eigenvalue weighted by molar-refractivity contribution is -1.14. The lowest BCUT2D eigenvalue weighted by Gasteiger charge is -1.90. The maximum Gasteiger partial charge on any atom is 0.206 e. The van der Waals surface area contributed by atoms with Crippen molar-refractivity contribution in [1.82, 2.24) is 0 Å². The number of rotatable bonds is 1. The monoisotopic (exact) mass is 60.1 g/mol. The summed E-state index contributed by atoms with van der Waals surface area (Å²) in [5, 5.41) is 4.72. The molecule has 0 aromatic rings. The summed E-state index contributed by atoms with van der Waals surface area (Å²) < 4.78 is 0. The van der Waals surface area contributed by atoms with Crippen LogP contribution in [0.1, 0.15) is 0 Å². The molecule has 0 fully saturated rings. The molecule has 4 heavy (non-hydrogen) atoms. The van der Waals surface area contributed by atoms with Crippen LogP contribution in [-0.4, -0.2) is 16.0 Å². The molecule has 4 N–H and O–H groups in total. The van der Waals surface area contributed by atoms with Crippen molar-refractivity contribution in [3.63, 3.8) is 0 Å². The van der Waals surface area contributed by atoms with Gasteiger partial charge in [-0.05, 0) is 0 Å². The van der Waals surface area contributed by atoms with Crippen molar-refractivity contribution < 1.29 is 10.7 Å². The second kappa shape index (κ2) is 3.05. The Labute approximate surface area is 27.8 Å². The molecule has 0 aliphatic heterocycles.